The zero-order valence-corrected chi connectivity index (χ0v) is 22.4. The molecule has 0 bridgehead atoms. The number of nitrogens with one attached hydrogen (secondary N) is 1. The molecule has 5 aromatic rings. The van der Waals surface area contributed by atoms with Crippen molar-refractivity contribution in [2.24, 2.45) is 7.05 Å². The highest BCUT2D eigenvalue weighted by atomic mass is 19.1. The van der Waals surface area contributed by atoms with E-state index in [1.807, 2.05) is 30.3 Å². The predicted molar refractivity (Wildman–Crippen MR) is 150 cm³/mol. The van der Waals surface area contributed by atoms with Crippen LogP contribution in [-0.4, -0.2) is 31.9 Å². The van der Waals surface area contributed by atoms with Gasteiger partial charge in [0, 0.05) is 31.1 Å². The standard InChI is InChI=1S/C31H24F2N4O5/c1-18(19-6-4-3-5-7-19)41-31(40)36-29-23(17-35-37(29)2)21-10-8-20(9-11-21)22-14-25(32)28(26(33)15-22)42-27-12-13-34-16-24(27)30(38)39/h3-18H,1-2H3,(H,36,40)(H,38,39)/t18-/m1/s1. The van der Waals surface area contributed by atoms with Crippen LogP contribution in [0.4, 0.5) is 19.4 Å². The summed E-state index contributed by atoms with van der Waals surface area (Å²) in [5.74, 6) is -3.94. The molecule has 212 valence electrons. The molecule has 0 radical (unpaired) electrons. The third-order valence-electron chi connectivity index (χ3n) is 6.46. The minimum Gasteiger partial charge on any atom is -0.477 e. The number of carboxylic acids is 1. The van der Waals surface area contributed by atoms with Gasteiger partial charge in [0.25, 0.3) is 0 Å². The van der Waals surface area contributed by atoms with Crippen LogP contribution in [0.5, 0.6) is 11.5 Å². The summed E-state index contributed by atoms with van der Waals surface area (Å²) >= 11 is 0. The first-order valence-electron chi connectivity index (χ1n) is 12.7. The van der Waals surface area contributed by atoms with Crippen LogP contribution >= 0.6 is 0 Å². The summed E-state index contributed by atoms with van der Waals surface area (Å²) < 4.78 is 42.2. The van der Waals surface area contributed by atoms with Gasteiger partial charge in [0.2, 0.25) is 0 Å². The number of hydrogen-bond donors (Lipinski definition) is 2. The molecule has 1 atom stereocenters. The van der Waals surface area contributed by atoms with E-state index in [0.29, 0.717) is 22.5 Å². The number of amides is 1. The molecule has 0 saturated carbocycles. The summed E-state index contributed by atoms with van der Waals surface area (Å²) in [4.78, 5) is 27.7. The van der Waals surface area contributed by atoms with E-state index >= 15 is 0 Å². The van der Waals surface area contributed by atoms with E-state index in [-0.39, 0.29) is 16.9 Å². The number of rotatable bonds is 8. The lowest BCUT2D eigenvalue weighted by atomic mass is 10.0. The Morgan fingerprint density at radius 3 is 2.26 bits per heavy atom. The number of hydrogen-bond acceptors (Lipinski definition) is 6. The number of anilines is 1. The van der Waals surface area contributed by atoms with Crippen LogP contribution in [-0.2, 0) is 11.8 Å². The lowest BCUT2D eigenvalue weighted by molar-refractivity contribution is 0.0693. The number of carboxylic acid groups (broad SMARTS) is 1. The lowest BCUT2D eigenvalue weighted by Gasteiger charge is -2.15. The first-order chi connectivity index (χ1) is 20.2. The van der Waals surface area contributed by atoms with Crippen molar-refractivity contribution in [1.29, 1.82) is 0 Å². The van der Waals surface area contributed by atoms with Crippen molar-refractivity contribution in [3.8, 4) is 33.8 Å². The molecule has 1 amide bonds. The highest BCUT2D eigenvalue weighted by Crippen LogP contribution is 2.35. The van der Waals surface area contributed by atoms with Gasteiger partial charge in [0.05, 0.1) is 6.20 Å². The van der Waals surface area contributed by atoms with E-state index < -0.39 is 35.6 Å². The minimum absolute atomic E-state index is 0.236. The zero-order valence-electron chi connectivity index (χ0n) is 22.4. The van der Waals surface area contributed by atoms with Gasteiger partial charge < -0.3 is 14.6 Å². The normalized spacial score (nSPS) is 11.5. The molecule has 11 heteroatoms. The number of aromatic nitrogens is 3. The first kappa shape index (κ1) is 28.0. The molecule has 0 spiro atoms. The van der Waals surface area contributed by atoms with Gasteiger partial charge in [0.15, 0.2) is 17.4 Å². The molecule has 2 aromatic heterocycles. The second-order valence-electron chi connectivity index (χ2n) is 9.24. The number of benzene rings is 3. The summed E-state index contributed by atoms with van der Waals surface area (Å²) in [5.41, 5.74) is 2.56. The molecular weight excluding hydrogens is 546 g/mol. The molecule has 5 rings (SSSR count). The number of aromatic carboxylic acids is 1. The van der Waals surface area contributed by atoms with Crippen LogP contribution in [0.15, 0.2) is 91.4 Å². The maximum Gasteiger partial charge on any atom is 0.413 e. The Kier molecular flexibility index (Phi) is 7.91. The quantitative estimate of drug-likeness (QED) is 0.202. The predicted octanol–water partition coefficient (Wildman–Crippen LogP) is 7.23. The van der Waals surface area contributed by atoms with Crippen molar-refractivity contribution in [3.63, 3.8) is 0 Å². The van der Waals surface area contributed by atoms with Gasteiger partial charge in [0.1, 0.15) is 23.2 Å². The third kappa shape index (κ3) is 5.94. The maximum absolute atomic E-state index is 14.9. The van der Waals surface area contributed by atoms with Gasteiger partial charge in [-0.2, -0.15) is 5.10 Å². The second kappa shape index (κ2) is 11.9. The highest BCUT2D eigenvalue weighted by Gasteiger charge is 2.20. The van der Waals surface area contributed by atoms with Gasteiger partial charge in [-0.15, -0.1) is 0 Å². The lowest BCUT2D eigenvalue weighted by Crippen LogP contribution is -2.18. The number of halogens is 2. The minimum atomic E-state index is -1.35. The number of ether oxygens (including phenoxy) is 2. The van der Waals surface area contributed by atoms with E-state index in [9.17, 15) is 23.5 Å². The zero-order chi connectivity index (χ0) is 29.8. The SMILES string of the molecule is C[C@@H](OC(=O)Nc1c(-c2ccc(-c3cc(F)c(Oc4ccncc4C(=O)O)c(F)c3)cc2)cnn1C)c1ccccc1. The molecule has 0 fully saturated rings. The van der Waals surface area contributed by atoms with Crippen LogP contribution in [0, 0.1) is 11.6 Å². The Hall–Kier alpha value is -5.58. The Morgan fingerprint density at radius 1 is 0.929 bits per heavy atom. The molecular formula is C31H24F2N4O5. The number of pyridine rings is 1. The van der Waals surface area contributed by atoms with Crippen LogP contribution in [0.25, 0.3) is 22.3 Å². The van der Waals surface area contributed by atoms with Crippen molar-refractivity contribution < 1.29 is 33.0 Å². The summed E-state index contributed by atoms with van der Waals surface area (Å²) in [5, 5.41) is 16.3. The number of carbonyl (C=O) groups is 2. The van der Waals surface area contributed by atoms with E-state index in [2.05, 4.69) is 15.4 Å². The van der Waals surface area contributed by atoms with Crippen LogP contribution in [0.2, 0.25) is 0 Å². The summed E-state index contributed by atoms with van der Waals surface area (Å²) in [6.45, 7) is 1.77. The smallest absolute Gasteiger partial charge is 0.413 e. The second-order valence-corrected chi connectivity index (χ2v) is 9.24. The number of nitrogens with zero attached hydrogens (tertiary/aromatic N) is 3. The highest BCUT2D eigenvalue weighted by molar-refractivity contribution is 5.91. The fraction of sp³-hybridized carbons (Fsp3) is 0.0968. The van der Waals surface area contributed by atoms with Crippen molar-refractivity contribution in [2.45, 2.75) is 13.0 Å². The largest absolute Gasteiger partial charge is 0.477 e. The Labute approximate surface area is 239 Å². The molecule has 42 heavy (non-hydrogen) atoms. The van der Waals surface area contributed by atoms with E-state index in [0.717, 1.165) is 23.9 Å². The fourth-order valence-electron chi connectivity index (χ4n) is 4.28. The third-order valence-corrected chi connectivity index (χ3v) is 6.46. The molecule has 2 N–H and O–H groups in total. The van der Waals surface area contributed by atoms with Crippen molar-refractivity contribution in [2.75, 3.05) is 5.32 Å². The Morgan fingerprint density at radius 2 is 1.60 bits per heavy atom. The van der Waals surface area contributed by atoms with Crippen LogP contribution in [0.3, 0.4) is 0 Å². The summed E-state index contributed by atoms with van der Waals surface area (Å²) in [6.07, 6.45) is 2.75. The maximum atomic E-state index is 14.9. The monoisotopic (exact) mass is 570 g/mol. The fourth-order valence-corrected chi connectivity index (χ4v) is 4.28. The molecule has 9 nitrogen and oxygen atoms in total. The Balaban J connectivity index is 1.34. The molecule has 2 heterocycles. The van der Waals surface area contributed by atoms with Gasteiger partial charge >= 0.3 is 12.1 Å². The van der Waals surface area contributed by atoms with Crippen LogP contribution in [0.1, 0.15) is 28.9 Å². The molecule has 0 unspecified atom stereocenters. The summed E-state index contributed by atoms with van der Waals surface area (Å²) in [7, 11) is 1.68. The average molecular weight is 571 g/mol. The number of carbonyl (C=O) groups excluding carboxylic acids is 1. The van der Waals surface area contributed by atoms with Crippen molar-refractivity contribution >= 4 is 17.9 Å². The van der Waals surface area contributed by atoms with Gasteiger partial charge in [-0.3, -0.25) is 15.0 Å². The molecule has 3 aromatic carbocycles. The molecule has 0 aliphatic rings. The van der Waals surface area contributed by atoms with Gasteiger partial charge in [-0.05, 0) is 41.3 Å². The van der Waals surface area contributed by atoms with E-state index in [1.165, 1.54) is 16.9 Å². The van der Waals surface area contributed by atoms with E-state index in [4.69, 9.17) is 9.47 Å². The summed E-state index contributed by atoms with van der Waals surface area (Å²) in [6, 6.07) is 19.5. The van der Waals surface area contributed by atoms with Gasteiger partial charge in [-0.25, -0.2) is 18.4 Å². The number of aryl methyl sites for hydroxylation is 1. The topological polar surface area (TPSA) is 116 Å². The first-order valence-corrected chi connectivity index (χ1v) is 12.7. The van der Waals surface area contributed by atoms with Gasteiger partial charge in [-0.1, -0.05) is 54.6 Å². The molecule has 0 aliphatic carbocycles. The Bertz CT molecular complexity index is 1730. The molecule has 0 aliphatic heterocycles. The molecule has 0 saturated heterocycles. The van der Waals surface area contributed by atoms with Crippen LogP contribution < -0.4 is 10.1 Å². The van der Waals surface area contributed by atoms with E-state index in [1.54, 1.807) is 44.4 Å². The van der Waals surface area contributed by atoms with Crippen molar-refractivity contribution in [1.82, 2.24) is 14.8 Å². The van der Waals surface area contributed by atoms with Crippen molar-refractivity contribution in [3.05, 3.63) is 114 Å². The average Bonchev–Trinajstić information content (AvgIpc) is 3.34.